The molecule has 4 bridgehead atoms. The summed E-state index contributed by atoms with van der Waals surface area (Å²) in [6, 6.07) is -0.549. The predicted octanol–water partition coefficient (Wildman–Crippen LogP) is 0.551. The summed E-state index contributed by atoms with van der Waals surface area (Å²) in [5.74, 6) is 2.82. The minimum atomic E-state index is -1.21. The van der Waals surface area contributed by atoms with Crippen LogP contribution < -0.4 is 0 Å². The van der Waals surface area contributed by atoms with E-state index in [4.69, 9.17) is 4.74 Å². The zero-order chi connectivity index (χ0) is 23.0. The standard InChI is InChI=1S/C24H40N4O5/c29-13-20-22(31)23(32)21(30)12-27(20)3-1-2-4-28-11-19(25-26-28)14-33-15-24-8-16-5-17(9-24)7-18(6-16)10-24/h11,16-18,20-23,29-32H,1-10,12-15H2/t16?,17?,18?,20-,21+,22-,23-,24?/m1/s1. The molecule has 0 aromatic carbocycles. The number of ether oxygens (including phenoxy) is 1. The first-order valence-electron chi connectivity index (χ1n) is 12.8. The maximum Gasteiger partial charge on any atom is 0.109 e. The lowest BCUT2D eigenvalue weighted by Gasteiger charge is -2.56. The van der Waals surface area contributed by atoms with Gasteiger partial charge in [-0.2, -0.15) is 0 Å². The van der Waals surface area contributed by atoms with Gasteiger partial charge in [0, 0.05) is 13.1 Å². The Kier molecular flexibility index (Phi) is 7.07. The van der Waals surface area contributed by atoms with E-state index >= 15 is 0 Å². The van der Waals surface area contributed by atoms with Crippen molar-refractivity contribution in [2.24, 2.45) is 23.2 Å². The Bertz CT molecular complexity index is 753. The highest BCUT2D eigenvalue weighted by Gasteiger charge is 2.50. The molecule has 33 heavy (non-hydrogen) atoms. The summed E-state index contributed by atoms with van der Waals surface area (Å²) in [5, 5.41) is 47.9. The summed E-state index contributed by atoms with van der Waals surface area (Å²) >= 11 is 0. The smallest absolute Gasteiger partial charge is 0.109 e. The molecule has 0 amide bonds. The van der Waals surface area contributed by atoms with Crippen LogP contribution in [0, 0.1) is 23.2 Å². The van der Waals surface area contributed by atoms with Gasteiger partial charge in [0.25, 0.3) is 0 Å². The number of aliphatic hydroxyl groups excluding tert-OH is 4. The lowest BCUT2D eigenvalue weighted by Crippen LogP contribution is -2.62. The molecule has 1 aromatic rings. The molecule has 5 aliphatic rings. The van der Waals surface area contributed by atoms with Crippen molar-refractivity contribution in [3.05, 3.63) is 11.9 Å². The normalized spacial score (nSPS) is 40.5. The van der Waals surface area contributed by atoms with E-state index in [1.54, 1.807) is 0 Å². The van der Waals surface area contributed by atoms with Crippen LogP contribution in [0.3, 0.4) is 0 Å². The maximum atomic E-state index is 10.1. The Labute approximate surface area is 195 Å². The van der Waals surface area contributed by atoms with Gasteiger partial charge in [-0.3, -0.25) is 9.58 Å². The lowest BCUT2D eigenvalue weighted by molar-refractivity contribution is -0.145. The minimum absolute atomic E-state index is 0.248. The van der Waals surface area contributed by atoms with E-state index in [-0.39, 0.29) is 13.2 Å². The van der Waals surface area contributed by atoms with Gasteiger partial charge in [-0.25, -0.2) is 0 Å². The molecule has 2 heterocycles. The number of unbranched alkanes of at least 4 members (excludes halogenated alkanes) is 1. The molecule has 1 aliphatic heterocycles. The fourth-order valence-corrected chi connectivity index (χ4v) is 7.58. The van der Waals surface area contributed by atoms with Crippen LogP contribution in [-0.2, 0) is 17.9 Å². The molecule has 5 fully saturated rings. The van der Waals surface area contributed by atoms with Crippen LogP contribution in [0.4, 0.5) is 0 Å². The van der Waals surface area contributed by atoms with E-state index in [0.29, 0.717) is 18.6 Å². The van der Waals surface area contributed by atoms with Crippen LogP contribution in [-0.4, -0.2) is 91.0 Å². The van der Waals surface area contributed by atoms with E-state index in [1.807, 2.05) is 15.8 Å². The number of piperidine rings is 1. The van der Waals surface area contributed by atoms with Gasteiger partial charge in [0.15, 0.2) is 0 Å². The molecular formula is C24H40N4O5. The number of rotatable bonds is 10. The molecule has 4 aliphatic carbocycles. The predicted molar refractivity (Wildman–Crippen MR) is 120 cm³/mol. The molecule has 1 saturated heterocycles. The van der Waals surface area contributed by atoms with E-state index in [2.05, 4.69) is 10.3 Å². The number of aryl methyl sites for hydroxylation is 1. The third kappa shape index (κ3) is 5.13. The molecule has 4 N–H and O–H groups in total. The van der Waals surface area contributed by atoms with Crippen LogP contribution in [0.5, 0.6) is 0 Å². The average molecular weight is 465 g/mol. The summed E-state index contributed by atoms with van der Waals surface area (Å²) < 4.78 is 8.01. The van der Waals surface area contributed by atoms with Crippen LogP contribution in [0.2, 0.25) is 0 Å². The van der Waals surface area contributed by atoms with Crippen molar-refractivity contribution in [3.8, 4) is 0 Å². The first-order chi connectivity index (χ1) is 15.9. The molecular weight excluding hydrogens is 424 g/mol. The van der Waals surface area contributed by atoms with E-state index in [0.717, 1.165) is 49.4 Å². The van der Waals surface area contributed by atoms with E-state index < -0.39 is 24.4 Å². The fourth-order valence-electron chi connectivity index (χ4n) is 7.58. The Morgan fingerprint density at radius 3 is 2.30 bits per heavy atom. The second-order valence-electron chi connectivity index (χ2n) is 11.4. The largest absolute Gasteiger partial charge is 0.395 e. The topological polar surface area (TPSA) is 124 Å². The maximum absolute atomic E-state index is 10.1. The van der Waals surface area contributed by atoms with Crippen molar-refractivity contribution >= 4 is 0 Å². The third-order valence-corrected chi connectivity index (χ3v) is 8.71. The molecule has 6 rings (SSSR count). The van der Waals surface area contributed by atoms with Crippen molar-refractivity contribution in [3.63, 3.8) is 0 Å². The van der Waals surface area contributed by atoms with Gasteiger partial charge in [-0.15, -0.1) is 5.10 Å². The molecule has 9 nitrogen and oxygen atoms in total. The van der Waals surface area contributed by atoms with Crippen molar-refractivity contribution in [2.45, 2.75) is 88.9 Å². The minimum Gasteiger partial charge on any atom is -0.395 e. The number of likely N-dealkylation sites (tertiary alicyclic amines) is 1. The van der Waals surface area contributed by atoms with Gasteiger partial charge in [-0.1, -0.05) is 5.21 Å². The molecule has 186 valence electrons. The van der Waals surface area contributed by atoms with Crippen LogP contribution in [0.15, 0.2) is 6.20 Å². The number of hydrogen-bond donors (Lipinski definition) is 4. The summed E-state index contributed by atoms with van der Waals surface area (Å²) in [6.45, 7) is 2.73. The van der Waals surface area contributed by atoms with Crippen LogP contribution in [0.1, 0.15) is 57.1 Å². The van der Waals surface area contributed by atoms with Crippen molar-refractivity contribution in [1.29, 1.82) is 0 Å². The SMILES string of the molecule is OC[C@@H]1[C@@H](O)[C@H](O)[C@@H](O)CN1CCCCn1cc(COCC23CC4CC(CC(C4)C2)C3)nn1. The highest BCUT2D eigenvalue weighted by atomic mass is 16.5. The van der Waals surface area contributed by atoms with Gasteiger partial charge >= 0.3 is 0 Å². The Morgan fingerprint density at radius 1 is 0.970 bits per heavy atom. The number of aliphatic hydroxyl groups is 4. The van der Waals surface area contributed by atoms with Gasteiger partial charge in [-0.05, 0) is 81.1 Å². The highest BCUT2D eigenvalue weighted by molar-refractivity contribution is 5.01. The summed E-state index contributed by atoms with van der Waals surface area (Å²) in [5.41, 5.74) is 1.29. The van der Waals surface area contributed by atoms with Gasteiger partial charge in [0.05, 0.1) is 38.2 Å². The Hall–Kier alpha value is -1.10. The zero-order valence-corrected chi connectivity index (χ0v) is 19.5. The number of nitrogens with zero attached hydrogens (tertiary/aromatic N) is 4. The zero-order valence-electron chi connectivity index (χ0n) is 19.5. The van der Waals surface area contributed by atoms with Crippen molar-refractivity contribution in [1.82, 2.24) is 19.9 Å². The van der Waals surface area contributed by atoms with E-state index in [9.17, 15) is 20.4 Å². The van der Waals surface area contributed by atoms with Crippen LogP contribution >= 0.6 is 0 Å². The summed E-state index contributed by atoms with van der Waals surface area (Å²) in [7, 11) is 0. The van der Waals surface area contributed by atoms with Gasteiger partial charge < -0.3 is 25.2 Å². The molecule has 0 spiro atoms. The second kappa shape index (κ2) is 9.87. The number of aromatic nitrogens is 3. The summed E-state index contributed by atoms with van der Waals surface area (Å²) in [4.78, 5) is 1.85. The van der Waals surface area contributed by atoms with Gasteiger partial charge in [0.2, 0.25) is 0 Å². The number of β-amino-alcohol motifs (C(OH)–C–C–N with tert-alkyl or cyclic N) is 1. The molecule has 9 heteroatoms. The van der Waals surface area contributed by atoms with Crippen molar-refractivity contribution < 1.29 is 25.2 Å². The summed E-state index contributed by atoms with van der Waals surface area (Å²) in [6.07, 6.45) is 8.71. The monoisotopic (exact) mass is 464 g/mol. The first kappa shape index (κ1) is 23.6. The highest BCUT2D eigenvalue weighted by Crippen LogP contribution is 2.60. The molecule has 0 radical (unpaired) electrons. The molecule has 4 atom stereocenters. The molecule has 0 unspecified atom stereocenters. The van der Waals surface area contributed by atoms with Crippen LogP contribution in [0.25, 0.3) is 0 Å². The Balaban J connectivity index is 1.02. The third-order valence-electron chi connectivity index (χ3n) is 8.71. The molecule has 4 saturated carbocycles. The Morgan fingerprint density at radius 2 is 1.64 bits per heavy atom. The van der Waals surface area contributed by atoms with Crippen molar-refractivity contribution in [2.75, 3.05) is 26.3 Å². The van der Waals surface area contributed by atoms with E-state index in [1.165, 1.54) is 38.5 Å². The average Bonchev–Trinajstić information content (AvgIpc) is 3.22. The second-order valence-corrected chi connectivity index (χ2v) is 11.4. The number of hydrogen-bond acceptors (Lipinski definition) is 8. The molecule has 1 aromatic heterocycles. The van der Waals surface area contributed by atoms with Gasteiger partial charge in [0.1, 0.15) is 17.9 Å². The fraction of sp³-hybridized carbons (Fsp3) is 0.917. The quantitative estimate of drug-likeness (QED) is 0.370. The first-order valence-corrected chi connectivity index (χ1v) is 12.8. The lowest BCUT2D eigenvalue weighted by atomic mass is 9.50.